The van der Waals surface area contributed by atoms with Crippen LogP contribution in [0.25, 0.3) is 0 Å². The third-order valence-corrected chi connectivity index (χ3v) is 3.39. The smallest absolute Gasteiger partial charge is 0.0610 e. The van der Waals surface area contributed by atoms with Crippen molar-refractivity contribution in [3.63, 3.8) is 0 Å². The Morgan fingerprint density at radius 3 is 2.67 bits per heavy atom. The van der Waals surface area contributed by atoms with Gasteiger partial charge in [-0.15, -0.1) is 0 Å². The predicted octanol–water partition coefficient (Wildman–Crippen LogP) is 2.89. The maximum atomic E-state index is 5.27. The van der Waals surface area contributed by atoms with Gasteiger partial charge in [-0.25, -0.2) is 0 Å². The molecule has 2 heteroatoms. The molecule has 0 aromatic heterocycles. The van der Waals surface area contributed by atoms with Crippen LogP contribution in [0.15, 0.2) is 18.2 Å². The first-order valence-corrected chi connectivity index (χ1v) is 5.56. The summed E-state index contributed by atoms with van der Waals surface area (Å²) < 4.78 is 5.27. The third kappa shape index (κ3) is 2.15. The van der Waals surface area contributed by atoms with Gasteiger partial charge in [0.2, 0.25) is 0 Å². The molecular weight excluding hydrogens is 186 g/mol. The summed E-state index contributed by atoms with van der Waals surface area (Å²) in [7, 11) is 1.79. The molecule has 2 rings (SSSR count). The van der Waals surface area contributed by atoms with Crippen LogP contribution in [-0.4, -0.2) is 19.3 Å². The molecule has 82 valence electrons. The van der Waals surface area contributed by atoms with Gasteiger partial charge >= 0.3 is 0 Å². The quantitative estimate of drug-likeness (QED) is 0.819. The number of rotatable bonds is 3. The molecule has 1 N–H and O–H groups in total. The van der Waals surface area contributed by atoms with Crippen LogP contribution < -0.4 is 5.32 Å². The molecule has 0 spiro atoms. The lowest BCUT2D eigenvalue weighted by Gasteiger charge is -2.35. The van der Waals surface area contributed by atoms with Crippen molar-refractivity contribution in [3.8, 4) is 0 Å². The van der Waals surface area contributed by atoms with E-state index in [1.807, 2.05) is 0 Å². The Labute approximate surface area is 91.6 Å². The van der Waals surface area contributed by atoms with Crippen LogP contribution in [0.2, 0.25) is 0 Å². The minimum absolute atomic E-state index is 0.465. The number of hydrogen-bond donors (Lipinski definition) is 1. The zero-order valence-electron chi connectivity index (χ0n) is 9.71. The fourth-order valence-electron chi connectivity index (χ4n) is 2.00. The number of nitrogens with one attached hydrogen (secondary N) is 1. The Kier molecular flexibility index (Phi) is 2.96. The van der Waals surface area contributed by atoms with E-state index in [1.54, 1.807) is 7.11 Å². The van der Waals surface area contributed by atoms with E-state index in [0.29, 0.717) is 12.1 Å². The van der Waals surface area contributed by atoms with Crippen LogP contribution in [0.3, 0.4) is 0 Å². The maximum Gasteiger partial charge on any atom is 0.0610 e. The van der Waals surface area contributed by atoms with E-state index >= 15 is 0 Å². The van der Waals surface area contributed by atoms with Crippen molar-refractivity contribution in [1.82, 2.24) is 0 Å². The van der Waals surface area contributed by atoms with E-state index in [4.69, 9.17) is 4.74 Å². The standard InChI is InChI=1S/C13H19NO/c1-9-5-4-6-13(10(9)2)14-11-7-12(8-11)15-3/h4-6,11-12,14H,7-8H2,1-3H3. The molecule has 0 radical (unpaired) electrons. The maximum absolute atomic E-state index is 5.27. The van der Waals surface area contributed by atoms with Gasteiger partial charge in [-0.1, -0.05) is 12.1 Å². The zero-order chi connectivity index (χ0) is 10.8. The van der Waals surface area contributed by atoms with Crippen molar-refractivity contribution in [2.45, 2.75) is 38.8 Å². The largest absolute Gasteiger partial charge is 0.382 e. The molecule has 0 bridgehead atoms. The highest BCUT2D eigenvalue weighted by molar-refractivity contribution is 5.54. The number of ether oxygens (including phenoxy) is 1. The van der Waals surface area contributed by atoms with Crippen molar-refractivity contribution in [3.05, 3.63) is 29.3 Å². The van der Waals surface area contributed by atoms with Gasteiger partial charge in [0, 0.05) is 18.8 Å². The molecule has 0 unspecified atom stereocenters. The molecule has 1 aromatic rings. The number of anilines is 1. The Morgan fingerprint density at radius 1 is 1.27 bits per heavy atom. The van der Waals surface area contributed by atoms with Gasteiger partial charge < -0.3 is 10.1 Å². The fraction of sp³-hybridized carbons (Fsp3) is 0.538. The minimum Gasteiger partial charge on any atom is -0.382 e. The second kappa shape index (κ2) is 4.23. The van der Waals surface area contributed by atoms with E-state index in [1.165, 1.54) is 16.8 Å². The molecule has 0 aliphatic heterocycles. The van der Waals surface area contributed by atoms with Crippen molar-refractivity contribution in [1.29, 1.82) is 0 Å². The summed E-state index contributed by atoms with van der Waals surface area (Å²) in [5.74, 6) is 0. The molecule has 1 saturated carbocycles. The van der Waals surface area contributed by atoms with Gasteiger partial charge in [0.1, 0.15) is 0 Å². The first kappa shape index (κ1) is 10.5. The van der Waals surface area contributed by atoms with E-state index < -0.39 is 0 Å². The van der Waals surface area contributed by atoms with Gasteiger partial charge in [0.25, 0.3) is 0 Å². The monoisotopic (exact) mass is 205 g/mol. The Hall–Kier alpha value is -1.02. The molecule has 1 aliphatic rings. The van der Waals surface area contributed by atoms with Crippen LogP contribution in [0.4, 0.5) is 5.69 Å². The molecule has 1 fully saturated rings. The Morgan fingerprint density at radius 2 is 2.00 bits per heavy atom. The minimum atomic E-state index is 0.465. The van der Waals surface area contributed by atoms with Crippen molar-refractivity contribution < 1.29 is 4.74 Å². The third-order valence-electron chi connectivity index (χ3n) is 3.39. The van der Waals surface area contributed by atoms with Gasteiger partial charge in [-0.3, -0.25) is 0 Å². The highest BCUT2D eigenvalue weighted by Crippen LogP contribution is 2.28. The summed E-state index contributed by atoms with van der Waals surface area (Å²) >= 11 is 0. The van der Waals surface area contributed by atoms with Crippen LogP contribution >= 0.6 is 0 Å². The van der Waals surface area contributed by atoms with E-state index in [9.17, 15) is 0 Å². The first-order valence-electron chi connectivity index (χ1n) is 5.56. The summed E-state index contributed by atoms with van der Waals surface area (Å²) in [5, 5.41) is 3.57. The summed E-state index contributed by atoms with van der Waals surface area (Å²) in [4.78, 5) is 0. The lowest BCUT2D eigenvalue weighted by Crippen LogP contribution is -2.40. The van der Waals surface area contributed by atoms with Crippen molar-refractivity contribution in [2.24, 2.45) is 0 Å². The predicted molar refractivity (Wildman–Crippen MR) is 63.4 cm³/mol. The van der Waals surface area contributed by atoms with E-state index in [2.05, 4.69) is 37.4 Å². The highest BCUT2D eigenvalue weighted by Gasteiger charge is 2.28. The Bertz CT molecular complexity index is 342. The summed E-state index contributed by atoms with van der Waals surface area (Å²) in [5.41, 5.74) is 3.98. The first-order chi connectivity index (χ1) is 7.20. The number of hydrogen-bond acceptors (Lipinski definition) is 2. The molecule has 1 aliphatic carbocycles. The average Bonchev–Trinajstić information content (AvgIpc) is 2.17. The average molecular weight is 205 g/mol. The molecular formula is C13H19NO. The number of benzene rings is 1. The van der Waals surface area contributed by atoms with E-state index in [0.717, 1.165) is 12.8 Å². The highest BCUT2D eigenvalue weighted by atomic mass is 16.5. The number of methoxy groups -OCH3 is 1. The van der Waals surface area contributed by atoms with Gasteiger partial charge in [-0.05, 0) is 43.9 Å². The SMILES string of the molecule is COC1CC(Nc2cccc(C)c2C)C1. The molecule has 0 atom stereocenters. The van der Waals surface area contributed by atoms with Crippen molar-refractivity contribution >= 4 is 5.69 Å². The molecule has 1 aromatic carbocycles. The van der Waals surface area contributed by atoms with E-state index in [-0.39, 0.29) is 0 Å². The summed E-state index contributed by atoms with van der Waals surface area (Å²) in [6, 6.07) is 7.01. The van der Waals surface area contributed by atoms with Gasteiger partial charge in [-0.2, -0.15) is 0 Å². The summed E-state index contributed by atoms with van der Waals surface area (Å²) in [6.45, 7) is 4.32. The fourth-order valence-corrected chi connectivity index (χ4v) is 2.00. The molecule has 0 amide bonds. The molecule has 0 heterocycles. The second-order valence-electron chi connectivity index (χ2n) is 4.42. The zero-order valence-corrected chi connectivity index (χ0v) is 9.71. The molecule has 2 nitrogen and oxygen atoms in total. The lowest BCUT2D eigenvalue weighted by atomic mass is 9.89. The summed E-state index contributed by atoms with van der Waals surface area (Å²) in [6.07, 6.45) is 2.72. The van der Waals surface area contributed by atoms with Crippen LogP contribution in [0.5, 0.6) is 0 Å². The van der Waals surface area contributed by atoms with Crippen LogP contribution in [0, 0.1) is 13.8 Å². The molecule has 15 heavy (non-hydrogen) atoms. The van der Waals surface area contributed by atoms with Crippen molar-refractivity contribution in [2.75, 3.05) is 12.4 Å². The topological polar surface area (TPSA) is 21.3 Å². The van der Waals surface area contributed by atoms with Crippen LogP contribution in [0.1, 0.15) is 24.0 Å². The normalized spacial score (nSPS) is 24.7. The number of aryl methyl sites for hydroxylation is 1. The van der Waals surface area contributed by atoms with Crippen LogP contribution in [-0.2, 0) is 4.74 Å². The Balaban J connectivity index is 1.97. The van der Waals surface area contributed by atoms with Gasteiger partial charge in [0.15, 0.2) is 0 Å². The lowest BCUT2D eigenvalue weighted by molar-refractivity contribution is 0.0328. The molecule has 0 saturated heterocycles. The second-order valence-corrected chi connectivity index (χ2v) is 4.42. The van der Waals surface area contributed by atoms with Gasteiger partial charge in [0.05, 0.1) is 6.10 Å².